The molecular weight excluding hydrogens is 270 g/mol. The Morgan fingerprint density at radius 1 is 1.18 bits per heavy atom. The van der Waals surface area contributed by atoms with E-state index in [0.717, 1.165) is 29.5 Å². The average molecular weight is 293 g/mol. The van der Waals surface area contributed by atoms with Gasteiger partial charge in [0.25, 0.3) is 0 Å². The second kappa shape index (κ2) is 6.45. The van der Waals surface area contributed by atoms with E-state index < -0.39 is 0 Å². The van der Waals surface area contributed by atoms with Crippen LogP contribution in [0, 0.1) is 6.92 Å². The molecule has 1 unspecified atom stereocenters. The molecule has 0 spiro atoms. The van der Waals surface area contributed by atoms with Gasteiger partial charge in [0.1, 0.15) is 0 Å². The summed E-state index contributed by atoms with van der Waals surface area (Å²) in [5.41, 5.74) is 5.47. The number of aryl methyl sites for hydroxylation is 1. The highest BCUT2D eigenvalue weighted by atomic mass is 16.1. The molecule has 0 N–H and O–H groups in total. The zero-order chi connectivity index (χ0) is 15.5. The van der Waals surface area contributed by atoms with Gasteiger partial charge in [0.15, 0.2) is 6.29 Å². The highest BCUT2D eigenvalue weighted by molar-refractivity contribution is 5.88. The maximum Gasteiger partial charge on any atom is 0.150 e. The van der Waals surface area contributed by atoms with Crippen molar-refractivity contribution in [2.24, 2.45) is 0 Å². The van der Waals surface area contributed by atoms with E-state index >= 15 is 0 Å². The minimum atomic E-state index is 0.660. The molecule has 1 aliphatic rings. The largest absolute Gasteiger partial charge is 0.298 e. The first-order chi connectivity index (χ1) is 10.7. The van der Waals surface area contributed by atoms with E-state index in [1.54, 1.807) is 0 Å². The standard InChI is InChI=1S/C20H23NO/c1-15-6-3-4-8-19(15)20-12-17(9-10-18(20)14-22)13-21-11-5-7-16(21)2/h3-4,6,8-10,12,14,16H,5,7,11,13H2,1-2H3. The van der Waals surface area contributed by atoms with Crippen LogP contribution < -0.4 is 0 Å². The maximum absolute atomic E-state index is 11.4. The van der Waals surface area contributed by atoms with Crippen molar-refractivity contribution in [2.75, 3.05) is 6.54 Å². The van der Waals surface area contributed by atoms with Gasteiger partial charge in [-0.2, -0.15) is 0 Å². The van der Waals surface area contributed by atoms with Crippen molar-refractivity contribution < 1.29 is 4.79 Å². The zero-order valence-corrected chi connectivity index (χ0v) is 13.4. The molecule has 114 valence electrons. The lowest BCUT2D eigenvalue weighted by Gasteiger charge is -2.21. The fourth-order valence-corrected chi connectivity index (χ4v) is 3.38. The van der Waals surface area contributed by atoms with E-state index in [-0.39, 0.29) is 0 Å². The monoisotopic (exact) mass is 293 g/mol. The molecule has 1 fully saturated rings. The summed E-state index contributed by atoms with van der Waals surface area (Å²) in [6.07, 6.45) is 3.54. The second-order valence-corrected chi connectivity index (χ2v) is 6.32. The lowest BCUT2D eigenvalue weighted by Crippen LogP contribution is -2.26. The van der Waals surface area contributed by atoms with Crippen molar-refractivity contribution in [1.29, 1.82) is 0 Å². The van der Waals surface area contributed by atoms with Gasteiger partial charge in [-0.15, -0.1) is 0 Å². The normalized spacial score (nSPS) is 18.5. The van der Waals surface area contributed by atoms with Crippen LogP contribution in [-0.2, 0) is 6.54 Å². The van der Waals surface area contributed by atoms with Gasteiger partial charge < -0.3 is 0 Å². The molecule has 1 atom stereocenters. The number of carbonyl (C=O) groups excluding carboxylic acids is 1. The predicted molar refractivity (Wildman–Crippen MR) is 91.1 cm³/mol. The molecule has 1 saturated heterocycles. The maximum atomic E-state index is 11.4. The summed E-state index contributed by atoms with van der Waals surface area (Å²) in [5.74, 6) is 0. The molecule has 0 aromatic heterocycles. The van der Waals surface area contributed by atoms with Crippen LogP contribution in [0.3, 0.4) is 0 Å². The first-order valence-electron chi connectivity index (χ1n) is 8.07. The van der Waals surface area contributed by atoms with Crippen molar-refractivity contribution in [3.05, 3.63) is 59.2 Å². The van der Waals surface area contributed by atoms with Gasteiger partial charge >= 0.3 is 0 Å². The van der Waals surface area contributed by atoms with Crippen LogP contribution in [0.5, 0.6) is 0 Å². The zero-order valence-electron chi connectivity index (χ0n) is 13.4. The number of benzene rings is 2. The van der Waals surface area contributed by atoms with Gasteiger partial charge in [0.05, 0.1) is 0 Å². The van der Waals surface area contributed by atoms with E-state index in [9.17, 15) is 4.79 Å². The Hall–Kier alpha value is -1.93. The van der Waals surface area contributed by atoms with Crippen LogP contribution in [0.2, 0.25) is 0 Å². The van der Waals surface area contributed by atoms with Gasteiger partial charge in [-0.1, -0.05) is 36.4 Å². The third-order valence-electron chi connectivity index (χ3n) is 4.76. The Kier molecular flexibility index (Phi) is 4.39. The lowest BCUT2D eigenvalue weighted by atomic mass is 9.94. The van der Waals surface area contributed by atoms with Crippen LogP contribution in [-0.4, -0.2) is 23.8 Å². The molecule has 0 saturated carbocycles. The van der Waals surface area contributed by atoms with Gasteiger partial charge in [-0.3, -0.25) is 9.69 Å². The third-order valence-corrected chi connectivity index (χ3v) is 4.76. The summed E-state index contributed by atoms with van der Waals surface area (Å²) in [6.45, 7) is 6.55. The van der Waals surface area contributed by atoms with Gasteiger partial charge in [-0.05, 0) is 61.6 Å². The summed E-state index contributed by atoms with van der Waals surface area (Å²) >= 11 is 0. The number of hydrogen-bond donors (Lipinski definition) is 0. The van der Waals surface area contributed by atoms with Gasteiger partial charge in [0, 0.05) is 18.2 Å². The van der Waals surface area contributed by atoms with Crippen LogP contribution >= 0.6 is 0 Å². The molecule has 1 aliphatic heterocycles. The average Bonchev–Trinajstić information content (AvgIpc) is 2.93. The first kappa shape index (κ1) is 15.0. The Morgan fingerprint density at radius 2 is 2.00 bits per heavy atom. The number of nitrogens with zero attached hydrogens (tertiary/aromatic N) is 1. The quantitative estimate of drug-likeness (QED) is 0.776. The summed E-state index contributed by atoms with van der Waals surface area (Å²) in [5, 5.41) is 0. The van der Waals surface area contributed by atoms with Crippen LogP contribution in [0.1, 0.15) is 41.3 Å². The van der Waals surface area contributed by atoms with E-state index in [4.69, 9.17) is 0 Å². The fourth-order valence-electron chi connectivity index (χ4n) is 3.38. The number of hydrogen-bond acceptors (Lipinski definition) is 2. The van der Waals surface area contributed by atoms with Gasteiger partial charge in [0.2, 0.25) is 0 Å². The summed E-state index contributed by atoms with van der Waals surface area (Å²) in [7, 11) is 0. The first-order valence-corrected chi connectivity index (χ1v) is 8.07. The molecule has 2 aromatic rings. The van der Waals surface area contributed by atoms with E-state index in [2.05, 4.69) is 43.0 Å². The molecular formula is C20H23NO. The highest BCUT2D eigenvalue weighted by Crippen LogP contribution is 2.28. The molecule has 1 heterocycles. The molecule has 2 nitrogen and oxygen atoms in total. The number of carbonyl (C=O) groups is 1. The predicted octanol–water partition coefficient (Wildman–Crippen LogP) is 4.46. The van der Waals surface area contributed by atoms with Gasteiger partial charge in [-0.25, -0.2) is 0 Å². The number of likely N-dealkylation sites (tertiary alicyclic amines) is 1. The van der Waals surface area contributed by atoms with Crippen molar-refractivity contribution in [3.8, 4) is 11.1 Å². The summed E-state index contributed by atoms with van der Waals surface area (Å²) in [4.78, 5) is 13.9. The van der Waals surface area contributed by atoms with Crippen molar-refractivity contribution in [1.82, 2.24) is 4.90 Å². The van der Waals surface area contributed by atoms with E-state index in [0.29, 0.717) is 6.04 Å². The van der Waals surface area contributed by atoms with Crippen LogP contribution in [0.15, 0.2) is 42.5 Å². The molecule has 3 rings (SSSR count). The van der Waals surface area contributed by atoms with Crippen LogP contribution in [0.25, 0.3) is 11.1 Å². The molecule has 0 bridgehead atoms. The minimum Gasteiger partial charge on any atom is -0.298 e. The van der Waals surface area contributed by atoms with Crippen molar-refractivity contribution >= 4 is 6.29 Å². The number of rotatable bonds is 4. The smallest absolute Gasteiger partial charge is 0.150 e. The molecule has 0 amide bonds. The number of aldehydes is 1. The molecule has 0 radical (unpaired) electrons. The third kappa shape index (κ3) is 2.97. The second-order valence-electron chi connectivity index (χ2n) is 6.32. The lowest BCUT2D eigenvalue weighted by molar-refractivity contribution is 0.112. The molecule has 2 heteroatoms. The summed E-state index contributed by atoms with van der Waals surface area (Å²) in [6, 6.07) is 15.2. The fraction of sp³-hybridized carbons (Fsp3) is 0.350. The summed E-state index contributed by atoms with van der Waals surface area (Å²) < 4.78 is 0. The Labute approximate surface area is 132 Å². The Morgan fingerprint density at radius 3 is 2.68 bits per heavy atom. The molecule has 0 aliphatic carbocycles. The van der Waals surface area contributed by atoms with E-state index in [1.807, 2.05) is 18.2 Å². The molecule has 22 heavy (non-hydrogen) atoms. The van der Waals surface area contributed by atoms with Crippen LogP contribution in [0.4, 0.5) is 0 Å². The van der Waals surface area contributed by atoms with Crippen molar-refractivity contribution in [3.63, 3.8) is 0 Å². The SMILES string of the molecule is Cc1ccccc1-c1cc(CN2CCCC2C)ccc1C=O. The Balaban J connectivity index is 1.96. The van der Waals surface area contributed by atoms with Crippen molar-refractivity contribution in [2.45, 2.75) is 39.3 Å². The molecule has 2 aromatic carbocycles. The minimum absolute atomic E-state index is 0.660. The topological polar surface area (TPSA) is 20.3 Å². The Bertz CT molecular complexity index is 677. The van der Waals surface area contributed by atoms with E-state index in [1.165, 1.54) is 30.5 Å². The highest BCUT2D eigenvalue weighted by Gasteiger charge is 2.20.